The number of piperazine rings is 1. The molecule has 1 aliphatic heterocycles. The van der Waals surface area contributed by atoms with Gasteiger partial charge in [0, 0.05) is 59.5 Å². The van der Waals surface area contributed by atoms with Crippen LogP contribution in [-0.4, -0.2) is 93.5 Å². The number of nitrogens with zero attached hydrogens (tertiary/aromatic N) is 3. The SMILES string of the molecule is CCOCCNC(=NC)NCCN1CCN(C(=O)OC(C)(C)C)CC1. The molecule has 0 bridgehead atoms. The zero-order chi connectivity index (χ0) is 18.7. The highest BCUT2D eigenvalue weighted by Gasteiger charge is 2.25. The summed E-state index contributed by atoms with van der Waals surface area (Å²) in [7, 11) is 1.76. The summed E-state index contributed by atoms with van der Waals surface area (Å²) in [4.78, 5) is 20.4. The number of rotatable bonds is 7. The van der Waals surface area contributed by atoms with E-state index in [-0.39, 0.29) is 6.09 Å². The molecular formula is C17H35N5O3. The Morgan fingerprint density at radius 3 is 2.32 bits per heavy atom. The van der Waals surface area contributed by atoms with Crippen LogP contribution in [0, 0.1) is 0 Å². The minimum atomic E-state index is -0.441. The summed E-state index contributed by atoms with van der Waals surface area (Å²) in [6.07, 6.45) is -0.218. The lowest BCUT2D eigenvalue weighted by Crippen LogP contribution is -2.51. The largest absolute Gasteiger partial charge is 0.444 e. The van der Waals surface area contributed by atoms with Crippen LogP contribution in [0.4, 0.5) is 4.79 Å². The Morgan fingerprint density at radius 1 is 1.12 bits per heavy atom. The summed E-state index contributed by atoms with van der Waals surface area (Å²) in [6.45, 7) is 14.6. The predicted molar refractivity (Wildman–Crippen MR) is 100 cm³/mol. The Hall–Kier alpha value is -1.54. The number of carbonyl (C=O) groups is 1. The van der Waals surface area contributed by atoms with Gasteiger partial charge in [0.15, 0.2) is 5.96 Å². The molecule has 1 heterocycles. The number of amides is 1. The fourth-order valence-electron chi connectivity index (χ4n) is 2.42. The first-order valence-corrected chi connectivity index (χ1v) is 9.08. The third-order valence-corrected chi connectivity index (χ3v) is 3.71. The molecule has 0 spiro atoms. The van der Waals surface area contributed by atoms with E-state index in [1.807, 2.05) is 27.7 Å². The number of ether oxygens (including phenoxy) is 2. The quantitative estimate of drug-likeness (QED) is 0.398. The summed E-state index contributed by atoms with van der Waals surface area (Å²) in [5.74, 6) is 0.784. The Labute approximate surface area is 151 Å². The lowest BCUT2D eigenvalue weighted by Gasteiger charge is -2.35. The van der Waals surface area contributed by atoms with Crippen LogP contribution >= 0.6 is 0 Å². The third kappa shape index (κ3) is 9.50. The van der Waals surface area contributed by atoms with Crippen molar-refractivity contribution >= 4 is 12.1 Å². The number of nitrogens with one attached hydrogen (secondary N) is 2. The molecule has 0 aliphatic carbocycles. The van der Waals surface area contributed by atoms with E-state index in [1.165, 1.54) is 0 Å². The lowest BCUT2D eigenvalue weighted by atomic mass is 10.2. The number of hydrogen-bond donors (Lipinski definition) is 2. The Balaban J connectivity index is 2.18. The Morgan fingerprint density at radius 2 is 1.76 bits per heavy atom. The molecule has 0 saturated carbocycles. The highest BCUT2D eigenvalue weighted by atomic mass is 16.6. The molecule has 8 nitrogen and oxygen atoms in total. The minimum Gasteiger partial charge on any atom is -0.444 e. The van der Waals surface area contributed by atoms with Gasteiger partial charge in [0.25, 0.3) is 0 Å². The van der Waals surface area contributed by atoms with Gasteiger partial charge in [0.05, 0.1) is 6.61 Å². The average molecular weight is 357 g/mol. The molecule has 2 N–H and O–H groups in total. The monoisotopic (exact) mass is 357 g/mol. The van der Waals surface area contributed by atoms with Crippen molar-refractivity contribution in [3.63, 3.8) is 0 Å². The van der Waals surface area contributed by atoms with Gasteiger partial charge in [-0.05, 0) is 27.7 Å². The van der Waals surface area contributed by atoms with E-state index in [4.69, 9.17) is 9.47 Å². The van der Waals surface area contributed by atoms with E-state index in [1.54, 1.807) is 11.9 Å². The van der Waals surface area contributed by atoms with Gasteiger partial charge in [-0.2, -0.15) is 0 Å². The molecule has 1 rings (SSSR count). The highest BCUT2D eigenvalue weighted by Crippen LogP contribution is 2.11. The molecular weight excluding hydrogens is 322 g/mol. The van der Waals surface area contributed by atoms with Crippen molar-refractivity contribution in [3.05, 3.63) is 0 Å². The first kappa shape index (κ1) is 21.5. The van der Waals surface area contributed by atoms with Gasteiger partial charge in [-0.1, -0.05) is 0 Å². The maximum Gasteiger partial charge on any atom is 0.410 e. The van der Waals surface area contributed by atoms with Gasteiger partial charge in [0.1, 0.15) is 5.60 Å². The normalized spacial score (nSPS) is 16.7. The maximum absolute atomic E-state index is 12.0. The molecule has 0 aromatic heterocycles. The molecule has 1 aliphatic rings. The molecule has 1 fully saturated rings. The van der Waals surface area contributed by atoms with E-state index in [0.29, 0.717) is 19.7 Å². The second-order valence-corrected chi connectivity index (χ2v) is 6.93. The summed E-state index contributed by atoms with van der Waals surface area (Å²) in [6, 6.07) is 0. The van der Waals surface area contributed by atoms with Crippen LogP contribution < -0.4 is 10.6 Å². The minimum absolute atomic E-state index is 0.218. The standard InChI is InChI=1S/C17H35N5O3/c1-6-24-14-8-20-15(18-5)19-7-9-21-10-12-22(13-11-21)16(23)25-17(2,3)4/h6-14H2,1-5H3,(H2,18,19,20). The van der Waals surface area contributed by atoms with Gasteiger partial charge < -0.3 is 25.0 Å². The van der Waals surface area contributed by atoms with Gasteiger partial charge in [0.2, 0.25) is 0 Å². The second kappa shape index (κ2) is 11.1. The van der Waals surface area contributed by atoms with Crippen LogP contribution in [-0.2, 0) is 9.47 Å². The lowest BCUT2D eigenvalue weighted by molar-refractivity contribution is 0.0147. The molecule has 1 amide bonds. The van der Waals surface area contributed by atoms with Crippen molar-refractivity contribution < 1.29 is 14.3 Å². The predicted octanol–water partition coefficient (Wildman–Crippen LogP) is 0.741. The zero-order valence-electron chi connectivity index (χ0n) is 16.4. The highest BCUT2D eigenvalue weighted by molar-refractivity contribution is 5.79. The Bertz CT molecular complexity index is 415. The number of aliphatic imine (C=N–C) groups is 1. The first-order chi connectivity index (χ1) is 11.9. The summed E-state index contributed by atoms with van der Waals surface area (Å²) < 4.78 is 10.7. The Kier molecular flexibility index (Phi) is 9.59. The summed E-state index contributed by atoms with van der Waals surface area (Å²) in [5, 5.41) is 6.51. The molecule has 0 radical (unpaired) electrons. The second-order valence-electron chi connectivity index (χ2n) is 6.93. The molecule has 146 valence electrons. The fourth-order valence-corrected chi connectivity index (χ4v) is 2.42. The molecule has 1 saturated heterocycles. The zero-order valence-corrected chi connectivity index (χ0v) is 16.4. The van der Waals surface area contributed by atoms with Crippen molar-refractivity contribution in [3.8, 4) is 0 Å². The molecule has 8 heteroatoms. The van der Waals surface area contributed by atoms with Gasteiger partial charge >= 0.3 is 6.09 Å². The van der Waals surface area contributed by atoms with E-state index in [0.717, 1.165) is 45.3 Å². The number of hydrogen-bond acceptors (Lipinski definition) is 5. The van der Waals surface area contributed by atoms with Crippen molar-refractivity contribution in [2.75, 3.05) is 66.1 Å². The van der Waals surface area contributed by atoms with Crippen LogP contribution in [0.5, 0.6) is 0 Å². The van der Waals surface area contributed by atoms with Crippen LogP contribution in [0.15, 0.2) is 4.99 Å². The van der Waals surface area contributed by atoms with Crippen molar-refractivity contribution in [1.29, 1.82) is 0 Å². The smallest absolute Gasteiger partial charge is 0.410 e. The van der Waals surface area contributed by atoms with Gasteiger partial charge in [-0.25, -0.2) is 4.79 Å². The van der Waals surface area contributed by atoms with Crippen LogP contribution in [0.25, 0.3) is 0 Å². The van der Waals surface area contributed by atoms with Crippen molar-refractivity contribution in [1.82, 2.24) is 20.4 Å². The topological polar surface area (TPSA) is 78.4 Å². The van der Waals surface area contributed by atoms with E-state index >= 15 is 0 Å². The number of guanidine groups is 1. The van der Waals surface area contributed by atoms with Crippen LogP contribution in [0.3, 0.4) is 0 Å². The van der Waals surface area contributed by atoms with E-state index in [2.05, 4.69) is 20.5 Å². The molecule has 0 aromatic rings. The van der Waals surface area contributed by atoms with Gasteiger partial charge in [-0.3, -0.25) is 9.89 Å². The van der Waals surface area contributed by atoms with Crippen molar-refractivity contribution in [2.24, 2.45) is 4.99 Å². The van der Waals surface area contributed by atoms with Crippen LogP contribution in [0.2, 0.25) is 0 Å². The molecule has 0 unspecified atom stereocenters. The van der Waals surface area contributed by atoms with Gasteiger partial charge in [-0.15, -0.1) is 0 Å². The average Bonchev–Trinajstić information content (AvgIpc) is 2.56. The van der Waals surface area contributed by atoms with E-state index < -0.39 is 5.60 Å². The molecule has 0 atom stereocenters. The first-order valence-electron chi connectivity index (χ1n) is 9.08. The third-order valence-electron chi connectivity index (χ3n) is 3.71. The molecule has 0 aromatic carbocycles. The fraction of sp³-hybridized carbons (Fsp3) is 0.882. The summed E-state index contributed by atoms with van der Waals surface area (Å²) in [5.41, 5.74) is -0.441. The van der Waals surface area contributed by atoms with E-state index in [9.17, 15) is 4.79 Å². The maximum atomic E-state index is 12.0. The van der Waals surface area contributed by atoms with Crippen molar-refractivity contribution in [2.45, 2.75) is 33.3 Å². The molecule has 25 heavy (non-hydrogen) atoms. The van der Waals surface area contributed by atoms with Crippen LogP contribution in [0.1, 0.15) is 27.7 Å². The summed E-state index contributed by atoms with van der Waals surface area (Å²) >= 11 is 0. The number of carbonyl (C=O) groups excluding carboxylic acids is 1.